The van der Waals surface area contributed by atoms with E-state index in [2.05, 4.69) is 0 Å². The Bertz CT molecular complexity index is 700. The molecule has 0 aliphatic rings. The smallest absolute Gasteiger partial charge is 0.330 e. The van der Waals surface area contributed by atoms with E-state index in [0.717, 1.165) is 22.4 Å². The minimum Gasteiger partial charge on any atom is -0.497 e. The number of benzene rings is 2. The lowest BCUT2D eigenvalue weighted by Crippen LogP contribution is -1.98. The molecule has 0 N–H and O–H groups in total. The number of hydrogen-bond donors (Lipinski definition) is 0. The highest BCUT2D eigenvalue weighted by atomic mass is 16.5. The summed E-state index contributed by atoms with van der Waals surface area (Å²) in [6.45, 7) is 2.15. The Labute approximate surface area is 136 Å². The summed E-state index contributed by atoms with van der Waals surface area (Å²) >= 11 is 0. The van der Waals surface area contributed by atoms with Crippen molar-refractivity contribution in [3.63, 3.8) is 0 Å². The van der Waals surface area contributed by atoms with Gasteiger partial charge in [-0.2, -0.15) is 0 Å². The molecule has 0 aromatic heterocycles. The first-order valence-corrected chi connectivity index (χ1v) is 7.49. The fourth-order valence-electron chi connectivity index (χ4n) is 2.18. The van der Waals surface area contributed by atoms with E-state index >= 15 is 0 Å². The monoisotopic (exact) mass is 308 g/mol. The van der Waals surface area contributed by atoms with Crippen LogP contribution in [-0.4, -0.2) is 19.7 Å². The van der Waals surface area contributed by atoms with Crippen LogP contribution in [0.2, 0.25) is 0 Å². The summed E-state index contributed by atoms with van der Waals surface area (Å²) in [4.78, 5) is 11.4. The van der Waals surface area contributed by atoms with Crippen LogP contribution in [0, 0.1) is 0 Å². The highest BCUT2D eigenvalue weighted by Gasteiger charge is 2.05. The van der Waals surface area contributed by atoms with Crippen molar-refractivity contribution in [1.82, 2.24) is 0 Å². The molecule has 3 nitrogen and oxygen atoms in total. The third-order valence-corrected chi connectivity index (χ3v) is 3.25. The highest BCUT2D eigenvalue weighted by molar-refractivity contribution is 5.85. The summed E-state index contributed by atoms with van der Waals surface area (Å²) in [7, 11) is 1.64. The van der Waals surface area contributed by atoms with E-state index in [-0.39, 0.29) is 5.97 Å². The van der Waals surface area contributed by atoms with E-state index in [1.165, 1.54) is 6.08 Å². The van der Waals surface area contributed by atoms with Crippen molar-refractivity contribution >= 4 is 11.5 Å². The van der Waals surface area contributed by atoms with Crippen molar-refractivity contribution in [2.75, 3.05) is 13.7 Å². The number of allylic oxidation sites excluding steroid dienone is 2. The van der Waals surface area contributed by atoms with Gasteiger partial charge in [0.25, 0.3) is 0 Å². The van der Waals surface area contributed by atoms with E-state index in [1.54, 1.807) is 20.1 Å². The summed E-state index contributed by atoms with van der Waals surface area (Å²) in [5.74, 6) is 0.445. The molecule has 0 aliphatic heterocycles. The van der Waals surface area contributed by atoms with Gasteiger partial charge in [0, 0.05) is 6.08 Å². The second-order valence-electron chi connectivity index (χ2n) is 4.79. The van der Waals surface area contributed by atoms with Crippen LogP contribution < -0.4 is 4.74 Å². The Hall–Kier alpha value is -2.81. The van der Waals surface area contributed by atoms with Gasteiger partial charge in [0.05, 0.1) is 13.7 Å². The maximum Gasteiger partial charge on any atom is 0.330 e. The van der Waals surface area contributed by atoms with Gasteiger partial charge in [-0.15, -0.1) is 0 Å². The van der Waals surface area contributed by atoms with Crippen molar-refractivity contribution in [1.29, 1.82) is 0 Å². The molecular weight excluding hydrogens is 288 g/mol. The van der Waals surface area contributed by atoms with Gasteiger partial charge in [0.1, 0.15) is 5.75 Å². The average molecular weight is 308 g/mol. The van der Waals surface area contributed by atoms with Crippen molar-refractivity contribution < 1.29 is 14.3 Å². The fourth-order valence-corrected chi connectivity index (χ4v) is 2.18. The zero-order chi connectivity index (χ0) is 16.5. The Kier molecular flexibility index (Phi) is 6.18. The van der Waals surface area contributed by atoms with Crippen LogP contribution in [0.1, 0.15) is 18.1 Å². The number of rotatable bonds is 6. The van der Waals surface area contributed by atoms with Crippen LogP contribution in [0.25, 0.3) is 5.57 Å². The molecule has 2 aromatic rings. The predicted molar refractivity (Wildman–Crippen MR) is 92.3 cm³/mol. The maximum absolute atomic E-state index is 11.4. The topological polar surface area (TPSA) is 35.5 Å². The predicted octanol–water partition coefficient (Wildman–Crippen LogP) is 4.25. The lowest BCUT2D eigenvalue weighted by atomic mass is 9.97. The van der Waals surface area contributed by atoms with Crippen LogP contribution in [-0.2, 0) is 9.53 Å². The summed E-state index contributed by atoms with van der Waals surface area (Å²) in [6.07, 6.45) is 5.04. The highest BCUT2D eigenvalue weighted by Crippen LogP contribution is 2.26. The van der Waals surface area contributed by atoms with Crippen molar-refractivity contribution in [2.24, 2.45) is 0 Å². The molecule has 0 saturated heterocycles. The van der Waals surface area contributed by atoms with E-state index in [1.807, 2.05) is 60.7 Å². The SMILES string of the molecule is CCOC(=O)C=CC=C(c1ccccc1)c1cccc(OC)c1. The number of carbonyl (C=O) groups excluding carboxylic acids is 1. The lowest BCUT2D eigenvalue weighted by molar-refractivity contribution is -0.137. The van der Waals surface area contributed by atoms with Crippen LogP contribution in [0.4, 0.5) is 0 Å². The van der Waals surface area contributed by atoms with Crippen LogP contribution in [0.15, 0.2) is 72.8 Å². The molecule has 0 amide bonds. The Balaban J connectivity index is 2.38. The Morgan fingerprint density at radius 1 is 1.04 bits per heavy atom. The third-order valence-electron chi connectivity index (χ3n) is 3.25. The first kappa shape index (κ1) is 16.6. The van der Waals surface area contributed by atoms with Crippen LogP contribution in [0.3, 0.4) is 0 Å². The van der Waals surface area contributed by atoms with Crippen molar-refractivity contribution in [2.45, 2.75) is 6.92 Å². The van der Waals surface area contributed by atoms with Gasteiger partial charge in [-0.25, -0.2) is 4.79 Å². The van der Waals surface area contributed by atoms with Crippen molar-refractivity contribution in [3.8, 4) is 5.75 Å². The third kappa shape index (κ3) is 4.85. The molecule has 0 saturated carbocycles. The second-order valence-corrected chi connectivity index (χ2v) is 4.79. The van der Waals surface area contributed by atoms with Gasteiger partial charge in [0.15, 0.2) is 0 Å². The minimum atomic E-state index is -0.346. The largest absolute Gasteiger partial charge is 0.497 e. The Morgan fingerprint density at radius 2 is 1.78 bits per heavy atom. The average Bonchev–Trinajstić information content (AvgIpc) is 2.60. The fraction of sp³-hybridized carbons (Fsp3) is 0.150. The molecule has 0 aliphatic carbocycles. The van der Waals surface area contributed by atoms with E-state index < -0.39 is 0 Å². The van der Waals surface area contributed by atoms with Gasteiger partial charge < -0.3 is 9.47 Å². The first-order valence-electron chi connectivity index (χ1n) is 7.49. The van der Waals surface area contributed by atoms with E-state index in [9.17, 15) is 4.79 Å². The number of hydrogen-bond acceptors (Lipinski definition) is 3. The molecular formula is C20H20O3. The second kappa shape index (κ2) is 8.59. The molecule has 0 spiro atoms. The van der Waals surface area contributed by atoms with Crippen LogP contribution >= 0.6 is 0 Å². The number of carbonyl (C=O) groups is 1. The van der Waals surface area contributed by atoms with Crippen molar-refractivity contribution in [3.05, 3.63) is 84.0 Å². The molecule has 0 heterocycles. The van der Waals surface area contributed by atoms with Gasteiger partial charge >= 0.3 is 5.97 Å². The summed E-state index contributed by atoms with van der Waals surface area (Å²) in [5, 5.41) is 0. The molecule has 0 unspecified atom stereocenters. The standard InChI is InChI=1S/C20H20O3/c1-3-23-20(21)14-8-13-19(16-9-5-4-6-10-16)17-11-7-12-18(15-17)22-2/h4-15H,3H2,1-2H3. The normalized spacial score (nSPS) is 11.5. The van der Waals surface area contributed by atoms with E-state index in [0.29, 0.717) is 6.61 Å². The number of methoxy groups -OCH3 is 1. The minimum absolute atomic E-state index is 0.346. The van der Waals surface area contributed by atoms with E-state index in [4.69, 9.17) is 9.47 Å². The quantitative estimate of drug-likeness (QED) is 0.455. The summed E-state index contributed by atoms with van der Waals surface area (Å²) in [5.41, 5.74) is 3.09. The molecule has 0 atom stereocenters. The zero-order valence-corrected chi connectivity index (χ0v) is 13.4. The zero-order valence-electron chi connectivity index (χ0n) is 13.4. The maximum atomic E-state index is 11.4. The molecule has 3 heteroatoms. The van der Waals surface area contributed by atoms with Gasteiger partial charge in [-0.3, -0.25) is 0 Å². The van der Waals surface area contributed by atoms with Gasteiger partial charge in [0.2, 0.25) is 0 Å². The first-order chi connectivity index (χ1) is 11.2. The molecule has 2 aromatic carbocycles. The van der Waals surface area contributed by atoms with Gasteiger partial charge in [-0.1, -0.05) is 54.6 Å². The number of ether oxygens (including phenoxy) is 2. The molecule has 118 valence electrons. The summed E-state index contributed by atoms with van der Waals surface area (Å²) < 4.78 is 10.2. The van der Waals surface area contributed by atoms with Gasteiger partial charge in [-0.05, 0) is 35.8 Å². The number of esters is 1. The molecule has 2 rings (SSSR count). The van der Waals surface area contributed by atoms with Crippen LogP contribution in [0.5, 0.6) is 5.75 Å². The molecule has 0 radical (unpaired) electrons. The molecule has 0 fully saturated rings. The molecule has 23 heavy (non-hydrogen) atoms. The molecule has 0 bridgehead atoms. The Morgan fingerprint density at radius 3 is 2.48 bits per heavy atom. The summed E-state index contributed by atoms with van der Waals surface area (Å²) in [6, 6.07) is 17.8. The lowest BCUT2D eigenvalue weighted by Gasteiger charge is -2.09.